The first-order valence-electron chi connectivity index (χ1n) is 9.00. The van der Waals surface area contributed by atoms with Crippen LogP contribution in [0.3, 0.4) is 0 Å². The second-order valence-corrected chi connectivity index (χ2v) is 7.22. The molecule has 1 atom stereocenters. The Morgan fingerprint density at radius 2 is 1.52 bits per heavy atom. The van der Waals surface area contributed by atoms with Crippen LogP contribution in [-0.2, 0) is 12.8 Å². The highest BCUT2D eigenvalue weighted by Gasteiger charge is 2.33. The van der Waals surface area contributed by atoms with Crippen molar-refractivity contribution in [1.29, 1.82) is 0 Å². The third kappa shape index (κ3) is 2.23. The zero-order valence-corrected chi connectivity index (χ0v) is 14.4. The molecule has 0 bridgehead atoms. The van der Waals surface area contributed by atoms with E-state index in [-0.39, 0.29) is 5.54 Å². The van der Waals surface area contributed by atoms with Crippen LogP contribution in [0.4, 0.5) is 0 Å². The van der Waals surface area contributed by atoms with Gasteiger partial charge in [-0.05, 0) is 53.7 Å². The Morgan fingerprint density at radius 1 is 0.840 bits per heavy atom. The molecular formula is C24H21N. The molecule has 2 aromatic carbocycles. The first kappa shape index (κ1) is 14.5. The molecule has 1 unspecified atom stereocenters. The van der Waals surface area contributed by atoms with Crippen LogP contribution in [0.1, 0.15) is 29.2 Å². The normalized spacial score (nSPS) is 23.3. The first-order chi connectivity index (χ1) is 12.2. The molecule has 122 valence electrons. The Hall–Kier alpha value is -2.80. The summed E-state index contributed by atoms with van der Waals surface area (Å²) in [4.78, 5) is 0. The van der Waals surface area contributed by atoms with Crippen LogP contribution >= 0.6 is 0 Å². The Morgan fingerprint density at radius 3 is 2.36 bits per heavy atom. The molecule has 2 aliphatic carbocycles. The molecule has 0 spiro atoms. The fraction of sp³-hybridized carbons (Fsp3) is 0.167. The standard InChI is InChI=1S/C24H21N/c1-24(22-15-13-18-8-3-5-10-20(18)22)16-6-11-23(25-24)21-14-12-17-7-2-4-9-19(17)21/h2-11,14-16,25H,12-13H2,1H3. The predicted octanol–water partition coefficient (Wildman–Crippen LogP) is 5.07. The molecule has 3 aliphatic rings. The summed E-state index contributed by atoms with van der Waals surface area (Å²) in [5.41, 5.74) is 9.35. The number of hydrogen-bond donors (Lipinski definition) is 1. The number of dihydropyridines is 1. The Kier molecular flexibility index (Phi) is 3.11. The smallest absolute Gasteiger partial charge is 0.0787 e. The van der Waals surface area contributed by atoms with Gasteiger partial charge in [0, 0.05) is 11.3 Å². The van der Waals surface area contributed by atoms with Gasteiger partial charge in [-0.25, -0.2) is 0 Å². The van der Waals surface area contributed by atoms with Gasteiger partial charge in [0.2, 0.25) is 0 Å². The summed E-state index contributed by atoms with van der Waals surface area (Å²) < 4.78 is 0. The Balaban J connectivity index is 1.50. The Labute approximate surface area is 149 Å². The van der Waals surface area contributed by atoms with E-state index >= 15 is 0 Å². The van der Waals surface area contributed by atoms with Gasteiger partial charge >= 0.3 is 0 Å². The van der Waals surface area contributed by atoms with Gasteiger partial charge < -0.3 is 5.32 Å². The van der Waals surface area contributed by atoms with E-state index in [0.29, 0.717) is 0 Å². The van der Waals surface area contributed by atoms with E-state index in [1.807, 2.05) is 0 Å². The van der Waals surface area contributed by atoms with E-state index in [0.717, 1.165) is 12.8 Å². The third-order valence-electron chi connectivity index (χ3n) is 5.60. The average molecular weight is 323 g/mol. The molecule has 1 aliphatic heterocycles. The lowest BCUT2D eigenvalue weighted by atomic mass is 9.84. The summed E-state index contributed by atoms with van der Waals surface area (Å²) in [6, 6.07) is 17.5. The van der Waals surface area contributed by atoms with Crippen molar-refractivity contribution in [2.24, 2.45) is 0 Å². The minimum atomic E-state index is -0.172. The van der Waals surface area contributed by atoms with Gasteiger partial charge in [-0.2, -0.15) is 0 Å². The van der Waals surface area contributed by atoms with Gasteiger partial charge in [0.05, 0.1) is 5.54 Å². The van der Waals surface area contributed by atoms with Gasteiger partial charge in [-0.15, -0.1) is 0 Å². The van der Waals surface area contributed by atoms with Crippen molar-refractivity contribution in [3.8, 4) is 0 Å². The van der Waals surface area contributed by atoms with Crippen molar-refractivity contribution >= 4 is 11.1 Å². The summed E-state index contributed by atoms with van der Waals surface area (Å²) in [5, 5.41) is 3.83. The topological polar surface area (TPSA) is 12.0 Å². The highest BCUT2D eigenvalue weighted by atomic mass is 15.0. The van der Waals surface area contributed by atoms with Crippen molar-refractivity contribution in [3.63, 3.8) is 0 Å². The molecule has 1 N–H and O–H groups in total. The molecule has 25 heavy (non-hydrogen) atoms. The van der Waals surface area contributed by atoms with E-state index in [1.54, 1.807) is 0 Å². The quantitative estimate of drug-likeness (QED) is 0.814. The zero-order chi connectivity index (χ0) is 16.9. The molecule has 1 nitrogen and oxygen atoms in total. The summed E-state index contributed by atoms with van der Waals surface area (Å²) >= 11 is 0. The molecule has 0 saturated heterocycles. The average Bonchev–Trinajstić information content (AvgIpc) is 3.26. The summed E-state index contributed by atoms with van der Waals surface area (Å²) in [6.45, 7) is 2.28. The van der Waals surface area contributed by atoms with Crippen LogP contribution in [0.25, 0.3) is 11.1 Å². The largest absolute Gasteiger partial charge is 0.372 e. The summed E-state index contributed by atoms with van der Waals surface area (Å²) in [5.74, 6) is 0. The van der Waals surface area contributed by atoms with E-state index < -0.39 is 0 Å². The fourth-order valence-electron chi connectivity index (χ4n) is 4.33. The molecule has 0 aromatic heterocycles. The van der Waals surface area contributed by atoms with Crippen molar-refractivity contribution in [3.05, 3.63) is 107 Å². The highest BCUT2D eigenvalue weighted by Crippen LogP contribution is 2.40. The second-order valence-electron chi connectivity index (χ2n) is 7.22. The van der Waals surface area contributed by atoms with Gasteiger partial charge in [0.1, 0.15) is 0 Å². The maximum Gasteiger partial charge on any atom is 0.0787 e. The van der Waals surface area contributed by atoms with E-state index in [1.165, 1.54) is 39.1 Å². The number of benzene rings is 2. The van der Waals surface area contributed by atoms with Crippen LogP contribution in [0.5, 0.6) is 0 Å². The van der Waals surface area contributed by atoms with Gasteiger partial charge in [0.25, 0.3) is 0 Å². The van der Waals surface area contributed by atoms with Crippen LogP contribution in [-0.4, -0.2) is 5.54 Å². The lowest BCUT2D eigenvalue weighted by Gasteiger charge is -2.35. The van der Waals surface area contributed by atoms with Crippen LogP contribution in [0.15, 0.2) is 84.6 Å². The molecule has 1 heterocycles. The number of fused-ring (bicyclic) bond motifs is 2. The monoisotopic (exact) mass is 323 g/mol. The van der Waals surface area contributed by atoms with Crippen molar-refractivity contribution < 1.29 is 0 Å². The third-order valence-corrected chi connectivity index (χ3v) is 5.60. The van der Waals surface area contributed by atoms with Crippen molar-refractivity contribution in [2.75, 3.05) is 0 Å². The van der Waals surface area contributed by atoms with Crippen molar-refractivity contribution in [2.45, 2.75) is 25.3 Å². The van der Waals surface area contributed by atoms with E-state index in [2.05, 4.69) is 91.2 Å². The maximum absolute atomic E-state index is 3.83. The van der Waals surface area contributed by atoms with Crippen molar-refractivity contribution in [1.82, 2.24) is 5.32 Å². The number of rotatable bonds is 2. The minimum Gasteiger partial charge on any atom is -0.372 e. The van der Waals surface area contributed by atoms with Crippen LogP contribution in [0.2, 0.25) is 0 Å². The molecule has 2 aromatic rings. The predicted molar refractivity (Wildman–Crippen MR) is 105 cm³/mol. The molecule has 1 heteroatoms. The fourth-order valence-corrected chi connectivity index (χ4v) is 4.33. The SMILES string of the molecule is CC1(C2=CCc3ccccc32)C=CC=C(C2=CCc3ccccc32)N1. The Bertz CT molecular complexity index is 987. The number of hydrogen-bond acceptors (Lipinski definition) is 1. The molecule has 0 radical (unpaired) electrons. The van der Waals surface area contributed by atoms with Gasteiger partial charge in [0.15, 0.2) is 0 Å². The zero-order valence-electron chi connectivity index (χ0n) is 14.4. The molecule has 0 saturated carbocycles. The summed E-state index contributed by atoms with van der Waals surface area (Å²) in [7, 11) is 0. The molecular weight excluding hydrogens is 302 g/mol. The molecule has 0 amide bonds. The molecule has 5 rings (SSSR count). The number of allylic oxidation sites excluding steroid dienone is 5. The lowest BCUT2D eigenvalue weighted by Crippen LogP contribution is -2.42. The molecule has 0 fully saturated rings. The van der Waals surface area contributed by atoms with E-state index in [9.17, 15) is 0 Å². The number of nitrogens with one attached hydrogen (secondary N) is 1. The first-order valence-corrected chi connectivity index (χ1v) is 9.00. The minimum absolute atomic E-state index is 0.172. The van der Waals surface area contributed by atoms with E-state index in [4.69, 9.17) is 0 Å². The van der Waals surface area contributed by atoms with Gasteiger partial charge in [-0.1, -0.05) is 72.8 Å². The van der Waals surface area contributed by atoms with Gasteiger partial charge in [-0.3, -0.25) is 0 Å². The van der Waals surface area contributed by atoms with Crippen LogP contribution in [0, 0.1) is 0 Å². The maximum atomic E-state index is 3.83. The highest BCUT2D eigenvalue weighted by molar-refractivity contribution is 5.87. The second kappa shape index (κ2) is 5.35. The van der Waals surface area contributed by atoms with Crippen LogP contribution < -0.4 is 5.32 Å². The lowest BCUT2D eigenvalue weighted by molar-refractivity contribution is 0.614. The summed E-state index contributed by atoms with van der Waals surface area (Å²) in [6.07, 6.45) is 13.5.